The van der Waals surface area contributed by atoms with Gasteiger partial charge < -0.3 is 5.32 Å². The zero-order chi connectivity index (χ0) is 19.9. The Bertz CT molecular complexity index is 1080. The Kier molecular flexibility index (Phi) is 4.83. The molecular formula is C22H25N3O2S. The summed E-state index contributed by atoms with van der Waals surface area (Å²) in [5.74, 6) is 0.387. The van der Waals surface area contributed by atoms with E-state index < -0.39 is 0 Å². The van der Waals surface area contributed by atoms with Crippen LogP contribution in [0.1, 0.15) is 37.6 Å². The van der Waals surface area contributed by atoms with Gasteiger partial charge in [-0.1, -0.05) is 39.0 Å². The fraction of sp³-hybridized carbons (Fsp3) is 0.409. The normalized spacial score (nSPS) is 16.8. The lowest BCUT2D eigenvalue weighted by atomic mass is 9.72. The predicted molar refractivity (Wildman–Crippen MR) is 114 cm³/mol. The first-order valence-corrected chi connectivity index (χ1v) is 10.5. The van der Waals surface area contributed by atoms with Crippen LogP contribution in [0.4, 0.5) is 5.69 Å². The summed E-state index contributed by atoms with van der Waals surface area (Å²) in [7, 11) is 0. The maximum atomic E-state index is 13.1. The second-order valence-electron chi connectivity index (χ2n) is 8.58. The molecule has 0 radical (unpaired) electrons. The first-order chi connectivity index (χ1) is 13.3. The highest BCUT2D eigenvalue weighted by Crippen LogP contribution is 2.41. The van der Waals surface area contributed by atoms with Gasteiger partial charge in [0.1, 0.15) is 11.4 Å². The number of amides is 1. The topological polar surface area (TPSA) is 64.0 Å². The van der Waals surface area contributed by atoms with E-state index in [4.69, 9.17) is 0 Å². The van der Waals surface area contributed by atoms with Gasteiger partial charge in [0.25, 0.3) is 5.56 Å². The second-order valence-corrected chi connectivity index (χ2v) is 9.67. The van der Waals surface area contributed by atoms with E-state index in [1.54, 1.807) is 11.3 Å². The first kappa shape index (κ1) is 18.9. The molecule has 1 aliphatic rings. The molecule has 1 aromatic carbocycles. The molecule has 1 amide bonds. The standard InChI is InChI=1S/C22H25N3O2S/c1-22(2,3)14-9-10-16-17(11-14)28-20-19(16)21(27)25(13-23-20)12-18(26)24-15-7-5-4-6-8-15/h4-8,13-14H,9-12H2,1-3H3,(H,24,26)/t14-/m1/s1. The fourth-order valence-corrected chi connectivity index (χ4v) is 5.19. The van der Waals surface area contributed by atoms with Crippen molar-refractivity contribution in [3.63, 3.8) is 0 Å². The zero-order valence-corrected chi connectivity index (χ0v) is 17.3. The third kappa shape index (κ3) is 3.61. The van der Waals surface area contributed by atoms with Crippen LogP contribution in [0, 0.1) is 11.3 Å². The van der Waals surface area contributed by atoms with Gasteiger partial charge >= 0.3 is 0 Å². The lowest BCUT2D eigenvalue weighted by molar-refractivity contribution is -0.116. The number of fused-ring (bicyclic) bond motifs is 3. The summed E-state index contributed by atoms with van der Waals surface area (Å²) in [4.78, 5) is 32.0. The molecule has 5 nitrogen and oxygen atoms in total. The van der Waals surface area contributed by atoms with Gasteiger partial charge in [-0.25, -0.2) is 4.98 Å². The first-order valence-electron chi connectivity index (χ1n) is 9.67. The van der Waals surface area contributed by atoms with E-state index in [1.807, 2.05) is 30.3 Å². The molecule has 146 valence electrons. The number of nitrogens with zero attached hydrogens (tertiary/aromatic N) is 2. The summed E-state index contributed by atoms with van der Waals surface area (Å²) >= 11 is 1.64. The van der Waals surface area contributed by atoms with Crippen LogP contribution in [0.2, 0.25) is 0 Å². The van der Waals surface area contributed by atoms with E-state index in [9.17, 15) is 9.59 Å². The Balaban J connectivity index is 1.61. The summed E-state index contributed by atoms with van der Waals surface area (Å²) in [5, 5.41) is 3.53. The molecule has 2 aromatic heterocycles. The van der Waals surface area contributed by atoms with E-state index in [1.165, 1.54) is 15.8 Å². The monoisotopic (exact) mass is 395 g/mol. The molecule has 2 heterocycles. The number of para-hydroxylation sites is 1. The van der Waals surface area contributed by atoms with Gasteiger partial charge in [0.15, 0.2) is 0 Å². The van der Waals surface area contributed by atoms with Crippen LogP contribution < -0.4 is 10.9 Å². The van der Waals surface area contributed by atoms with Crippen LogP contribution in [-0.2, 0) is 24.2 Å². The van der Waals surface area contributed by atoms with Crippen molar-refractivity contribution < 1.29 is 4.79 Å². The molecule has 1 atom stereocenters. The van der Waals surface area contributed by atoms with Gasteiger partial charge in [0.2, 0.25) is 5.91 Å². The number of nitrogens with one attached hydrogen (secondary N) is 1. The number of thiophene rings is 1. The molecule has 6 heteroatoms. The summed E-state index contributed by atoms with van der Waals surface area (Å²) < 4.78 is 1.42. The number of aromatic nitrogens is 2. The van der Waals surface area contributed by atoms with E-state index in [0.29, 0.717) is 11.3 Å². The molecule has 4 rings (SSSR count). The number of carbonyl (C=O) groups is 1. The summed E-state index contributed by atoms with van der Waals surface area (Å²) in [6.07, 6.45) is 4.51. The van der Waals surface area contributed by atoms with Crippen molar-refractivity contribution in [2.24, 2.45) is 11.3 Å². The Morgan fingerprint density at radius 3 is 2.75 bits per heavy atom. The van der Waals surface area contributed by atoms with Crippen LogP contribution in [0.25, 0.3) is 10.2 Å². The predicted octanol–water partition coefficient (Wildman–Crippen LogP) is 4.25. The number of hydrogen-bond acceptors (Lipinski definition) is 4. The molecule has 28 heavy (non-hydrogen) atoms. The molecule has 0 aliphatic heterocycles. The van der Waals surface area contributed by atoms with E-state index in [-0.39, 0.29) is 23.4 Å². The Hall–Kier alpha value is -2.47. The minimum absolute atomic E-state index is 0.0358. The smallest absolute Gasteiger partial charge is 0.262 e. The maximum absolute atomic E-state index is 13.1. The third-order valence-electron chi connectivity index (χ3n) is 5.63. The number of anilines is 1. The highest BCUT2D eigenvalue weighted by molar-refractivity contribution is 7.18. The number of carbonyl (C=O) groups excluding carboxylic acids is 1. The van der Waals surface area contributed by atoms with Gasteiger partial charge in [-0.15, -0.1) is 11.3 Å². The van der Waals surface area contributed by atoms with E-state index >= 15 is 0 Å². The van der Waals surface area contributed by atoms with Crippen LogP contribution >= 0.6 is 11.3 Å². The molecule has 0 saturated heterocycles. The number of benzene rings is 1. The Morgan fingerprint density at radius 2 is 2.04 bits per heavy atom. The highest BCUT2D eigenvalue weighted by atomic mass is 32.1. The molecule has 1 aliphatic carbocycles. The lowest BCUT2D eigenvalue weighted by Gasteiger charge is -2.33. The summed E-state index contributed by atoms with van der Waals surface area (Å²) in [5.41, 5.74) is 2.02. The van der Waals surface area contributed by atoms with E-state index in [2.05, 4.69) is 31.1 Å². The average molecular weight is 396 g/mol. The second kappa shape index (κ2) is 7.17. The van der Waals surface area contributed by atoms with E-state index in [0.717, 1.165) is 35.3 Å². The van der Waals surface area contributed by atoms with Crippen LogP contribution in [0.5, 0.6) is 0 Å². The van der Waals surface area contributed by atoms with Gasteiger partial charge in [0, 0.05) is 10.6 Å². The van der Waals surface area contributed by atoms with Crippen molar-refractivity contribution in [2.45, 2.75) is 46.6 Å². The molecule has 0 unspecified atom stereocenters. The van der Waals surface area contributed by atoms with Crippen LogP contribution in [0.15, 0.2) is 41.5 Å². The lowest BCUT2D eigenvalue weighted by Crippen LogP contribution is -2.29. The number of hydrogen-bond donors (Lipinski definition) is 1. The molecular weight excluding hydrogens is 370 g/mol. The Morgan fingerprint density at radius 1 is 1.29 bits per heavy atom. The zero-order valence-electron chi connectivity index (χ0n) is 16.5. The fourth-order valence-electron chi connectivity index (χ4n) is 3.93. The largest absolute Gasteiger partial charge is 0.325 e. The minimum atomic E-state index is -0.230. The van der Waals surface area contributed by atoms with Gasteiger partial charge in [-0.2, -0.15) is 0 Å². The van der Waals surface area contributed by atoms with Crippen molar-refractivity contribution in [2.75, 3.05) is 5.32 Å². The number of aryl methyl sites for hydroxylation is 1. The maximum Gasteiger partial charge on any atom is 0.262 e. The SMILES string of the molecule is CC(C)(C)[C@@H]1CCc2c(sc3ncn(CC(=O)Nc4ccccc4)c(=O)c23)C1. The van der Waals surface area contributed by atoms with Gasteiger partial charge in [-0.3, -0.25) is 14.2 Å². The average Bonchev–Trinajstić information content (AvgIpc) is 3.02. The molecule has 0 spiro atoms. The van der Waals surface area contributed by atoms with Gasteiger partial charge in [0.05, 0.1) is 11.7 Å². The molecule has 0 fully saturated rings. The van der Waals surface area contributed by atoms with Crippen molar-refractivity contribution in [1.29, 1.82) is 0 Å². The van der Waals surface area contributed by atoms with Crippen molar-refractivity contribution in [3.05, 3.63) is 57.5 Å². The van der Waals surface area contributed by atoms with Crippen LogP contribution in [0.3, 0.4) is 0 Å². The van der Waals surface area contributed by atoms with Crippen LogP contribution in [-0.4, -0.2) is 15.5 Å². The Labute approximate surface area is 168 Å². The number of rotatable bonds is 3. The third-order valence-corrected chi connectivity index (χ3v) is 6.79. The summed E-state index contributed by atoms with van der Waals surface area (Å²) in [6.45, 7) is 6.82. The van der Waals surface area contributed by atoms with Crippen molar-refractivity contribution in [1.82, 2.24) is 9.55 Å². The van der Waals surface area contributed by atoms with Gasteiger partial charge in [-0.05, 0) is 48.3 Å². The molecule has 0 saturated carbocycles. The van der Waals surface area contributed by atoms with Crippen molar-refractivity contribution >= 4 is 33.1 Å². The molecule has 1 N–H and O–H groups in total. The van der Waals surface area contributed by atoms with Crippen molar-refractivity contribution in [3.8, 4) is 0 Å². The minimum Gasteiger partial charge on any atom is -0.325 e. The highest BCUT2D eigenvalue weighted by Gasteiger charge is 2.31. The molecule has 3 aromatic rings. The summed E-state index contributed by atoms with van der Waals surface area (Å²) in [6, 6.07) is 9.25. The molecule has 0 bridgehead atoms. The quantitative estimate of drug-likeness (QED) is 0.721.